The lowest BCUT2D eigenvalue weighted by atomic mass is 10.2. The molecule has 0 spiro atoms. The third-order valence-electron chi connectivity index (χ3n) is 4.29. The van der Waals surface area contributed by atoms with Gasteiger partial charge in [-0.2, -0.15) is 0 Å². The minimum Gasteiger partial charge on any atom is -0.497 e. The first-order chi connectivity index (χ1) is 14.5. The molecule has 3 aromatic carbocycles. The fraction of sp³-hybridized carbons (Fsp3) is 0.0455. The molecule has 4 aromatic rings. The number of benzene rings is 3. The number of hydrogen-bond donors (Lipinski definition) is 1. The van der Waals surface area contributed by atoms with Gasteiger partial charge in [0.05, 0.1) is 12.8 Å². The zero-order chi connectivity index (χ0) is 21.1. The molecule has 0 aliphatic heterocycles. The van der Waals surface area contributed by atoms with Crippen LogP contribution in [-0.2, 0) is 0 Å². The van der Waals surface area contributed by atoms with Crippen LogP contribution in [0.25, 0.3) is 17.1 Å². The van der Waals surface area contributed by atoms with Crippen LogP contribution in [0, 0.1) is 5.82 Å². The van der Waals surface area contributed by atoms with Crippen LogP contribution in [0.3, 0.4) is 0 Å². The molecule has 150 valence electrons. The van der Waals surface area contributed by atoms with Crippen LogP contribution in [0.15, 0.2) is 72.8 Å². The number of carbonyl (C=O) groups excluding carboxylic acids is 1. The van der Waals surface area contributed by atoms with Gasteiger partial charge in [-0.1, -0.05) is 29.8 Å². The van der Waals surface area contributed by atoms with E-state index in [1.54, 1.807) is 67.8 Å². The van der Waals surface area contributed by atoms with E-state index in [2.05, 4.69) is 15.4 Å². The van der Waals surface area contributed by atoms with Gasteiger partial charge in [0.25, 0.3) is 5.91 Å². The van der Waals surface area contributed by atoms with Crippen LogP contribution in [-0.4, -0.2) is 27.8 Å². The van der Waals surface area contributed by atoms with Crippen molar-refractivity contribution in [1.29, 1.82) is 0 Å². The van der Waals surface area contributed by atoms with Gasteiger partial charge in [0.2, 0.25) is 5.82 Å². The molecular formula is C22H16ClFN4O2. The molecule has 0 saturated carbocycles. The molecule has 0 aliphatic carbocycles. The molecule has 6 nitrogen and oxygen atoms in total. The topological polar surface area (TPSA) is 69.0 Å². The number of nitrogens with zero attached hydrogens (tertiary/aromatic N) is 3. The normalized spacial score (nSPS) is 10.6. The summed E-state index contributed by atoms with van der Waals surface area (Å²) < 4.78 is 20.0. The number of anilines is 1. The number of carbonyl (C=O) groups is 1. The molecule has 0 fully saturated rings. The molecule has 0 atom stereocenters. The maximum Gasteiger partial charge on any atom is 0.295 e. The van der Waals surface area contributed by atoms with E-state index in [1.807, 2.05) is 0 Å². The summed E-state index contributed by atoms with van der Waals surface area (Å²) in [4.78, 5) is 17.2. The minimum absolute atomic E-state index is 0.0443. The number of ether oxygens (including phenoxy) is 1. The molecular weight excluding hydrogens is 407 g/mol. The number of methoxy groups -OCH3 is 1. The number of hydrogen-bond acceptors (Lipinski definition) is 4. The van der Waals surface area contributed by atoms with E-state index in [4.69, 9.17) is 16.3 Å². The Morgan fingerprint density at radius 3 is 2.57 bits per heavy atom. The number of aromatic nitrogens is 3. The number of nitrogens with one attached hydrogen (secondary N) is 1. The van der Waals surface area contributed by atoms with Gasteiger partial charge in [0.15, 0.2) is 5.82 Å². The SMILES string of the molecule is COc1cccc(NC(=O)c2nc(-c3cccc(Cl)c3)n(-c3ccc(F)cc3)n2)c1. The molecule has 1 aromatic heterocycles. The van der Waals surface area contributed by atoms with Crippen LogP contribution in [0.4, 0.5) is 10.1 Å². The largest absolute Gasteiger partial charge is 0.497 e. The monoisotopic (exact) mass is 422 g/mol. The van der Waals surface area contributed by atoms with Gasteiger partial charge in [-0.15, -0.1) is 5.10 Å². The third kappa shape index (κ3) is 4.16. The second-order valence-corrected chi connectivity index (χ2v) is 6.78. The summed E-state index contributed by atoms with van der Waals surface area (Å²) in [7, 11) is 1.55. The van der Waals surface area contributed by atoms with Crippen LogP contribution in [0.5, 0.6) is 5.75 Å². The second-order valence-electron chi connectivity index (χ2n) is 6.34. The first kappa shape index (κ1) is 19.6. The zero-order valence-electron chi connectivity index (χ0n) is 15.8. The van der Waals surface area contributed by atoms with Gasteiger partial charge in [0.1, 0.15) is 11.6 Å². The second kappa shape index (κ2) is 8.34. The minimum atomic E-state index is -0.493. The Balaban J connectivity index is 1.74. The Bertz CT molecular complexity index is 1210. The lowest BCUT2D eigenvalue weighted by Crippen LogP contribution is -2.14. The summed E-state index contributed by atoms with van der Waals surface area (Å²) in [6, 6.07) is 19.7. The van der Waals surface area contributed by atoms with Crippen LogP contribution in [0.1, 0.15) is 10.6 Å². The molecule has 0 unspecified atom stereocenters. The van der Waals surface area contributed by atoms with Gasteiger partial charge in [-0.25, -0.2) is 14.1 Å². The summed E-state index contributed by atoms with van der Waals surface area (Å²) in [5.41, 5.74) is 1.76. The molecule has 30 heavy (non-hydrogen) atoms. The Morgan fingerprint density at radius 2 is 1.83 bits per heavy atom. The first-order valence-electron chi connectivity index (χ1n) is 8.98. The van der Waals surface area contributed by atoms with E-state index in [0.29, 0.717) is 33.5 Å². The van der Waals surface area contributed by atoms with Gasteiger partial charge < -0.3 is 10.1 Å². The van der Waals surface area contributed by atoms with Crippen molar-refractivity contribution in [1.82, 2.24) is 14.8 Å². The summed E-state index contributed by atoms with van der Waals surface area (Å²) in [6.45, 7) is 0. The molecule has 1 amide bonds. The van der Waals surface area contributed by atoms with E-state index in [-0.39, 0.29) is 11.6 Å². The molecule has 0 bridgehead atoms. The zero-order valence-corrected chi connectivity index (χ0v) is 16.6. The van der Waals surface area contributed by atoms with Crippen molar-refractivity contribution in [2.75, 3.05) is 12.4 Å². The summed E-state index contributed by atoms with van der Waals surface area (Å²) in [5.74, 6) is 0.0980. The van der Waals surface area contributed by atoms with Crippen molar-refractivity contribution in [2.24, 2.45) is 0 Å². The van der Waals surface area contributed by atoms with Crippen LogP contribution in [0.2, 0.25) is 5.02 Å². The predicted octanol–water partition coefficient (Wildman–Crippen LogP) is 4.99. The number of rotatable bonds is 5. The fourth-order valence-corrected chi connectivity index (χ4v) is 3.06. The maximum atomic E-state index is 13.4. The Labute approximate surface area is 176 Å². The molecule has 1 heterocycles. The maximum absolute atomic E-state index is 13.4. The van der Waals surface area contributed by atoms with Gasteiger partial charge in [-0.3, -0.25) is 4.79 Å². The highest BCUT2D eigenvalue weighted by atomic mass is 35.5. The Morgan fingerprint density at radius 1 is 1.07 bits per heavy atom. The Kier molecular flexibility index (Phi) is 5.45. The van der Waals surface area contributed by atoms with Crippen molar-refractivity contribution in [2.45, 2.75) is 0 Å². The van der Waals surface area contributed by atoms with Crippen molar-refractivity contribution in [3.05, 3.63) is 89.5 Å². The quantitative estimate of drug-likeness (QED) is 0.492. The van der Waals surface area contributed by atoms with Crippen LogP contribution < -0.4 is 10.1 Å². The van der Waals surface area contributed by atoms with Crippen molar-refractivity contribution in [3.63, 3.8) is 0 Å². The van der Waals surface area contributed by atoms with E-state index in [0.717, 1.165) is 0 Å². The van der Waals surface area contributed by atoms with Crippen molar-refractivity contribution in [3.8, 4) is 22.8 Å². The van der Waals surface area contributed by atoms with Crippen molar-refractivity contribution >= 4 is 23.2 Å². The fourth-order valence-electron chi connectivity index (χ4n) is 2.87. The number of halogens is 2. The average molecular weight is 423 g/mol. The molecule has 0 aliphatic rings. The molecule has 4 rings (SSSR count). The number of amides is 1. The molecule has 1 N–H and O–H groups in total. The third-order valence-corrected chi connectivity index (χ3v) is 4.53. The van der Waals surface area contributed by atoms with Gasteiger partial charge in [0, 0.05) is 22.3 Å². The van der Waals surface area contributed by atoms with Crippen molar-refractivity contribution < 1.29 is 13.9 Å². The summed E-state index contributed by atoms with van der Waals surface area (Å²) in [6.07, 6.45) is 0. The lowest BCUT2D eigenvalue weighted by Gasteiger charge is -2.06. The standard InChI is InChI=1S/C22H16ClFN4O2/c1-30-19-7-3-6-17(13-19)25-22(29)20-26-21(14-4-2-5-15(23)12-14)28(27-20)18-10-8-16(24)9-11-18/h2-13H,1H3,(H,25,29). The van der Waals surface area contributed by atoms with Gasteiger partial charge in [-0.05, 0) is 48.5 Å². The van der Waals surface area contributed by atoms with Crippen LogP contribution >= 0.6 is 11.6 Å². The highest BCUT2D eigenvalue weighted by Crippen LogP contribution is 2.25. The van der Waals surface area contributed by atoms with E-state index < -0.39 is 5.91 Å². The Hall–Kier alpha value is -3.71. The van der Waals surface area contributed by atoms with E-state index in [9.17, 15) is 9.18 Å². The average Bonchev–Trinajstić information content (AvgIpc) is 3.20. The first-order valence-corrected chi connectivity index (χ1v) is 9.35. The van der Waals surface area contributed by atoms with E-state index in [1.165, 1.54) is 16.8 Å². The molecule has 8 heteroatoms. The predicted molar refractivity (Wildman–Crippen MR) is 113 cm³/mol. The molecule has 0 radical (unpaired) electrons. The highest BCUT2D eigenvalue weighted by Gasteiger charge is 2.19. The lowest BCUT2D eigenvalue weighted by molar-refractivity contribution is 0.101. The smallest absolute Gasteiger partial charge is 0.295 e. The van der Waals surface area contributed by atoms with E-state index >= 15 is 0 Å². The summed E-state index contributed by atoms with van der Waals surface area (Å²) in [5, 5.41) is 7.62. The molecule has 0 saturated heterocycles. The summed E-state index contributed by atoms with van der Waals surface area (Å²) >= 11 is 6.12. The van der Waals surface area contributed by atoms with Gasteiger partial charge >= 0.3 is 0 Å². The highest BCUT2D eigenvalue weighted by molar-refractivity contribution is 6.30.